The lowest BCUT2D eigenvalue weighted by Crippen LogP contribution is -2.34. The van der Waals surface area contributed by atoms with Gasteiger partial charge in [-0.1, -0.05) is 32.0 Å². The predicted molar refractivity (Wildman–Crippen MR) is 156 cm³/mol. The lowest BCUT2D eigenvalue weighted by atomic mass is 9.96. The van der Waals surface area contributed by atoms with Crippen molar-refractivity contribution >= 4 is 28.4 Å². The van der Waals surface area contributed by atoms with Crippen LogP contribution in [0.1, 0.15) is 48.5 Å². The summed E-state index contributed by atoms with van der Waals surface area (Å²) in [4.78, 5) is 32.9. The number of likely N-dealkylation sites (tertiary alicyclic amines) is 1. The fourth-order valence-electron chi connectivity index (χ4n) is 5.32. The summed E-state index contributed by atoms with van der Waals surface area (Å²) in [5, 5.41) is 10.5. The number of hydrogen-bond donors (Lipinski definition) is 3. The maximum Gasteiger partial charge on any atom is 0.251 e. The molecule has 4 aromatic rings. The fourth-order valence-corrected chi connectivity index (χ4v) is 5.32. The Morgan fingerprint density at radius 3 is 2.77 bits per heavy atom. The van der Waals surface area contributed by atoms with Crippen molar-refractivity contribution in [3.63, 3.8) is 0 Å². The Bertz CT molecular complexity index is 1420. The Hall–Kier alpha value is -4.11. The summed E-state index contributed by atoms with van der Waals surface area (Å²) < 4.78 is 0. The van der Waals surface area contributed by atoms with Crippen molar-refractivity contribution in [2.75, 3.05) is 43.9 Å². The SMILES string of the molecule is CCN1CCC[C@H]1CNc1ccc(-c2cc(NC[C@@H](C)c3cccc4c(C(=O)NC)ccnc34)ncn2)cn1. The molecule has 0 unspecified atom stereocenters. The van der Waals surface area contributed by atoms with Crippen molar-refractivity contribution in [2.24, 2.45) is 0 Å². The van der Waals surface area contributed by atoms with Gasteiger partial charge in [-0.25, -0.2) is 15.0 Å². The van der Waals surface area contributed by atoms with Gasteiger partial charge < -0.3 is 16.0 Å². The van der Waals surface area contributed by atoms with Gasteiger partial charge in [-0.05, 0) is 49.7 Å². The number of nitrogens with zero attached hydrogens (tertiary/aromatic N) is 5. The molecule has 0 spiro atoms. The van der Waals surface area contributed by atoms with Gasteiger partial charge >= 0.3 is 0 Å². The zero-order valence-corrected chi connectivity index (χ0v) is 22.8. The molecule has 2 atom stereocenters. The van der Waals surface area contributed by atoms with Crippen LogP contribution in [-0.2, 0) is 0 Å². The number of nitrogens with one attached hydrogen (secondary N) is 3. The highest BCUT2D eigenvalue weighted by atomic mass is 16.1. The number of carbonyl (C=O) groups is 1. The normalized spacial score (nSPS) is 16.2. The van der Waals surface area contributed by atoms with Gasteiger partial charge in [0.15, 0.2) is 0 Å². The van der Waals surface area contributed by atoms with Gasteiger partial charge in [0.1, 0.15) is 18.0 Å². The first-order chi connectivity index (χ1) is 19.1. The Kier molecular flexibility index (Phi) is 8.27. The number of hydrogen-bond acceptors (Lipinski definition) is 8. The lowest BCUT2D eigenvalue weighted by Gasteiger charge is -2.23. The molecule has 0 bridgehead atoms. The second-order valence-corrected chi connectivity index (χ2v) is 9.99. The van der Waals surface area contributed by atoms with Gasteiger partial charge in [0.25, 0.3) is 5.91 Å². The van der Waals surface area contributed by atoms with Crippen LogP contribution in [0.25, 0.3) is 22.2 Å². The van der Waals surface area contributed by atoms with Gasteiger partial charge in [0.2, 0.25) is 0 Å². The molecule has 0 radical (unpaired) electrons. The van der Waals surface area contributed by atoms with Crippen LogP contribution in [0.5, 0.6) is 0 Å². The first-order valence-corrected chi connectivity index (χ1v) is 13.7. The van der Waals surface area contributed by atoms with E-state index in [-0.39, 0.29) is 11.8 Å². The summed E-state index contributed by atoms with van der Waals surface area (Å²) in [7, 11) is 1.64. The number of anilines is 2. The number of fused-ring (bicyclic) bond motifs is 1. The Morgan fingerprint density at radius 2 is 1.97 bits per heavy atom. The van der Waals surface area contributed by atoms with E-state index in [4.69, 9.17) is 0 Å². The topological polar surface area (TPSA) is 108 Å². The van der Waals surface area contributed by atoms with Crippen LogP contribution in [-0.4, -0.2) is 70.0 Å². The molecule has 39 heavy (non-hydrogen) atoms. The third-order valence-electron chi connectivity index (χ3n) is 7.54. The minimum absolute atomic E-state index is 0.117. The number of pyridine rings is 2. The number of aromatic nitrogens is 4. The van der Waals surface area contributed by atoms with Gasteiger partial charge in [0, 0.05) is 61.5 Å². The third-order valence-corrected chi connectivity index (χ3v) is 7.54. The van der Waals surface area contributed by atoms with Crippen LogP contribution in [0.3, 0.4) is 0 Å². The molecule has 1 fully saturated rings. The second kappa shape index (κ2) is 12.2. The molecule has 1 aliphatic rings. The van der Waals surface area contributed by atoms with Crippen LogP contribution in [0.15, 0.2) is 61.2 Å². The molecule has 3 aromatic heterocycles. The smallest absolute Gasteiger partial charge is 0.251 e. The maximum absolute atomic E-state index is 12.3. The van der Waals surface area contributed by atoms with E-state index in [1.165, 1.54) is 19.4 Å². The first-order valence-electron chi connectivity index (χ1n) is 13.7. The van der Waals surface area contributed by atoms with Gasteiger partial charge in [-0.2, -0.15) is 0 Å². The number of amides is 1. The molecule has 202 valence electrons. The number of carbonyl (C=O) groups excluding carboxylic acids is 1. The van der Waals surface area contributed by atoms with E-state index in [1.807, 2.05) is 36.5 Å². The standard InChI is InChI=1S/C30H36N8O/c1-4-38-14-6-7-22(38)18-35-27-11-10-21(17-34-27)26-15-28(37-19-36-26)33-16-20(2)23-8-5-9-24-25(30(39)31-3)12-13-32-29(23)24/h5,8-13,15,17,19-20,22H,4,6-7,14,16,18H2,1-3H3,(H,31,39)(H,34,35)(H,33,36,37)/t20-,22+/m1/s1. The van der Waals surface area contributed by atoms with Crippen molar-refractivity contribution in [3.05, 3.63) is 72.3 Å². The van der Waals surface area contributed by atoms with E-state index in [0.717, 1.165) is 52.4 Å². The molecule has 0 saturated carbocycles. The monoisotopic (exact) mass is 524 g/mol. The van der Waals surface area contributed by atoms with Crippen LogP contribution in [0.4, 0.5) is 11.6 Å². The third kappa shape index (κ3) is 5.98. The molecule has 3 N–H and O–H groups in total. The van der Waals surface area contributed by atoms with Crippen molar-refractivity contribution in [2.45, 2.75) is 38.6 Å². The number of likely N-dealkylation sites (N-methyl/N-ethyl adjacent to an activating group) is 1. The molecule has 9 nitrogen and oxygen atoms in total. The van der Waals surface area contributed by atoms with Gasteiger partial charge in [-0.3, -0.25) is 14.7 Å². The fraction of sp³-hybridized carbons (Fsp3) is 0.367. The minimum Gasteiger partial charge on any atom is -0.369 e. The summed E-state index contributed by atoms with van der Waals surface area (Å²) in [5.74, 6) is 1.64. The molecule has 4 heterocycles. The summed E-state index contributed by atoms with van der Waals surface area (Å²) in [6.45, 7) is 8.22. The van der Waals surface area contributed by atoms with E-state index < -0.39 is 0 Å². The average molecular weight is 525 g/mol. The molecule has 5 rings (SSSR count). The molecule has 0 aliphatic carbocycles. The predicted octanol–water partition coefficient (Wildman–Crippen LogP) is 4.56. The first kappa shape index (κ1) is 26.5. The van der Waals surface area contributed by atoms with Crippen molar-refractivity contribution in [1.82, 2.24) is 30.2 Å². The molecule has 1 aliphatic heterocycles. The van der Waals surface area contributed by atoms with E-state index >= 15 is 0 Å². The summed E-state index contributed by atoms with van der Waals surface area (Å²) in [5.41, 5.74) is 4.30. The van der Waals surface area contributed by atoms with Crippen LogP contribution < -0.4 is 16.0 Å². The molecule has 1 amide bonds. The van der Waals surface area contributed by atoms with Crippen LogP contribution >= 0.6 is 0 Å². The Labute approximate surface area is 229 Å². The molecular formula is C30H36N8O. The van der Waals surface area contributed by atoms with Crippen molar-refractivity contribution in [1.29, 1.82) is 0 Å². The Balaban J connectivity index is 1.23. The Morgan fingerprint density at radius 1 is 1.08 bits per heavy atom. The minimum atomic E-state index is -0.117. The highest BCUT2D eigenvalue weighted by Gasteiger charge is 2.22. The number of benzene rings is 1. The molecule has 9 heteroatoms. The summed E-state index contributed by atoms with van der Waals surface area (Å²) in [6, 6.07) is 14.3. The van der Waals surface area contributed by atoms with E-state index in [0.29, 0.717) is 18.2 Å². The molecule has 1 aromatic carbocycles. The second-order valence-electron chi connectivity index (χ2n) is 9.99. The van der Waals surface area contributed by atoms with Crippen molar-refractivity contribution < 1.29 is 4.79 Å². The van der Waals surface area contributed by atoms with Crippen molar-refractivity contribution in [3.8, 4) is 11.3 Å². The average Bonchev–Trinajstić information content (AvgIpc) is 3.46. The van der Waals surface area contributed by atoms with Crippen LogP contribution in [0, 0.1) is 0 Å². The highest BCUT2D eigenvalue weighted by Crippen LogP contribution is 2.27. The van der Waals surface area contributed by atoms with Crippen LogP contribution in [0.2, 0.25) is 0 Å². The maximum atomic E-state index is 12.3. The molecular weight excluding hydrogens is 488 g/mol. The van der Waals surface area contributed by atoms with E-state index in [2.05, 4.69) is 60.7 Å². The molecule has 1 saturated heterocycles. The van der Waals surface area contributed by atoms with Gasteiger partial charge in [-0.15, -0.1) is 0 Å². The van der Waals surface area contributed by atoms with E-state index in [1.54, 1.807) is 25.6 Å². The quantitative estimate of drug-likeness (QED) is 0.277. The summed E-state index contributed by atoms with van der Waals surface area (Å²) >= 11 is 0. The number of rotatable bonds is 10. The summed E-state index contributed by atoms with van der Waals surface area (Å²) in [6.07, 6.45) is 7.63. The zero-order chi connectivity index (χ0) is 27.2. The zero-order valence-electron chi connectivity index (χ0n) is 22.8. The lowest BCUT2D eigenvalue weighted by molar-refractivity contribution is 0.0964. The highest BCUT2D eigenvalue weighted by molar-refractivity contribution is 6.06. The number of para-hydroxylation sites is 1. The van der Waals surface area contributed by atoms with E-state index in [9.17, 15) is 4.79 Å². The largest absolute Gasteiger partial charge is 0.369 e. The van der Waals surface area contributed by atoms with Gasteiger partial charge in [0.05, 0.1) is 16.8 Å².